The Bertz CT molecular complexity index is 1070. The minimum atomic E-state index is 0.103. The smallest absolute Gasteiger partial charge is 0.245 e. The van der Waals surface area contributed by atoms with E-state index in [9.17, 15) is 0 Å². The van der Waals surface area contributed by atoms with Crippen molar-refractivity contribution in [2.45, 2.75) is 35.2 Å². The summed E-state index contributed by atoms with van der Waals surface area (Å²) in [5.74, 6) is 0.951. The van der Waals surface area contributed by atoms with Crippen molar-refractivity contribution in [3.8, 4) is 0 Å². The van der Waals surface area contributed by atoms with Crippen molar-refractivity contribution in [1.29, 1.82) is 0 Å². The maximum absolute atomic E-state index is 6.67. The van der Waals surface area contributed by atoms with E-state index in [0.29, 0.717) is 21.8 Å². The topological polar surface area (TPSA) is 107 Å². The molecule has 154 valence electrons. The van der Waals surface area contributed by atoms with Crippen LogP contribution in [0.1, 0.15) is 30.0 Å². The summed E-state index contributed by atoms with van der Waals surface area (Å²) in [6.45, 7) is 1.76. The van der Waals surface area contributed by atoms with E-state index in [-0.39, 0.29) is 11.5 Å². The minimum absolute atomic E-state index is 0.103. The highest BCUT2D eigenvalue weighted by Crippen LogP contribution is 2.50. The van der Waals surface area contributed by atoms with Crippen LogP contribution in [0.15, 0.2) is 52.6 Å². The highest BCUT2D eigenvalue weighted by Gasteiger charge is 2.46. The van der Waals surface area contributed by atoms with Crippen LogP contribution >= 0.6 is 23.4 Å². The molecule has 0 amide bonds. The molecule has 9 heteroatoms. The normalized spacial score (nSPS) is 19.8. The van der Waals surface area contributed by atoms with Crippen molar-refractivity contribution in [1.82, 2.24) is 20.2 Å². The number of aromatic nitrogens is 4. The van der Waals surface area contributed by atoms with E-state index < -0.39 is 0 Å². The lowest BCUT2D eigenvalue weighted by Gasteiger charge is -2.42. The van der Waals surface area contributed by atoms with Crippen molar-refractivity contribution in [3.63, 3.8) is 0 Å². The molecule has 2 aliphatic rings. The Hall–Kier alpha value is -2.42. The molecule has 3 heterocycles. The van der Waals surface area contributed by atoms with Crippen molar-refractivity contribution in [2.75, 3.05) is 23.7 Å². The molecule has 2 aromatic heterocycles. The highest BCUT2D eigenvalue weighted by molar-refractivity contribution is 7.99. The Morgan fingerprint density at radius 2 is 1.90 bits per heavy atom. The summed E-state index contributed by atoms with van der Waals surface area (Å²) < 4.78 is 0. The van der Waals surface area contributed by atoms with Crippen LogP contribution < -0.4 is 16.4 Å². The molecule has 0 bridgehead atoms. The third kappa shape index (κ3) is 3.38. The van der Waals surface area contributed by atoms with Crippen LogP contribution in [0.25, 0.3) is 0 Å². The third-order valence-corrected chi connectivity index (χ3v) is 7.72. The van der Waals surface area contributed by atoms with E-state index in [0.717, 1.165) is 37.2 Å². The quantitative estimate of drug-likeness (QED) is 0.638. The van der Waals surface area contributed by atoms with Crippen LogP contribution in [0.4, 0.5) is 11.8 Å². The number of nitrogens with zero attached hydrogens (tertiary/aromatic N) is 5. The Kier molecular flexibility index (Phi) is 5.00. The van der Waals surface area contributed by atoms with E-state index in [1.807, 2.05) is 0 Å². The van der Waals surface area contributed by atoms with Gasteiger partial charge in [-0.25, -0.2) is 9.97 Å². The number of rotatable bonds is 3. The third-order valence-electron chi connectivity index (χ3n) is 6.26. The molecule has 7 nitrogen and oxygen atoms in total. The molecule has 1 spiro atoms. The lowest BCUT2D eigenvalue weighted by atomic mass is 9.73. The van der Waals surface area contributed by atoms with Crippen LogP contribution in [0, 0.1) is 5.41 Å². The molecule has 0 saturated carbocycles. The van der Waals surface area contributed by atoms with Gasteiger partial charge in [-0.1, -0.05) is 47.6 Å². The SMILES string of the molecule is Nc1nccc(Sc2cnc(N3CCC4(CC3)Cc3ccccc3[C@H]4N)nn2)c1Cl. The van der Waals surface area contributed by atoms with Crippen molar-refractivity contribution >= 4 is 35.1 Å². The molecule has 1 aromatic carbocycles. The van der Waals surface area contributed by atoms with Gasteiger partial charge in [-0.3, -0.25) is 0 Å². The maximum Gasteiger partial charge on any atom is 0.245 e. The first kappa shape index (κ1) is 19.5. The second-order valence-electron chi connectivity index (χ2n) is 7.91. The van der Waals surface area contributed by atoms with Gasteiger partial charge in [0.1, 0.15) is 10.8 Å². The lowest BCUT2D eigenvalue weighted by Crippen LogP contribution is -2.45. The first-order chi connectivity index (χ1) is 14.6. The van der Waals surface area contributed by atoms with Gasteiger partial charge in [0.15, 0.2) is 0 Å². The van der Waals surface area contributed by atoms with E-state index in [4.69, 9.17) is 23.1 Å². The molecular weight excluding hydrogens is 418 g/mol. The zero-order valence-electron chi connectivity index (χ0n) is 16.3. The largest absolute Gasteiger partial charge is 0.382 e. The fourth-order valence-corrected chi connectivity index (χ4v) is 5.50. The first-order valence-electron chi connectivity index (χ1n) is 9.92. The molecular formula is C21H22ClN7S. The van der Waals surface area contributed by atoms with E-state index >= 15 is 0 Å². The maximum atomic E-state index is 6.67. The van der Waals surface area contributed by atoms with Crippen LogP contribution in [0.2, 0.25) is 5.02 Å². The lowest BCUT2D eigenvalue weighted by molar-refractivity contribution is 0.186. The van der Waals surface area contributed by atoms with Crippen LogP contribution in [0.3, 0.4) is 0 Å². The molecule has 0 unspecified atom stereocenters. The number of halogens is 1. The Balaban J connectivity index is 1.26. The summed E-state index contributed by atoms with van der Waals surface area (Å²) in [7, 11) is 0. The number of nitrogens with two attached hydrogens (primary N) is 2. The average molecular weight is 440 g/mol. The van der Waals surface area contributed by atoms with E-state index in [1.165, 1.54) is 22.9 Å². The summed E-state index contributed by atoms with van der Waals surface area (Å²) in [5, 5.41) is 9.75. The van der Waals surface area contributed by atoms with E-state index in [2.05, 4.69) is 49.3 Å². The average Bonchev–Trinajstić information content (AvgIpc) is 3.04. The van der Waals surface area contributed by atoms with Gasteiger partial charge in [0.2, 0.25) is 5.95 Å². The number of pyridine rings is 1. The fourth-order valence-electron chi connectivity index (χ4n) is 4.54. The number of benzene rings is 1. The number of hydrogen-bond acceptors (Lipinski definition) is 8. The summed E-state index contributed by atoms with van der Waals surface area (Å²) in [6, 6.07) is 10.5. The molecule has 4 N–H and O–H groups in total. The number of hydrogen-bond donors (Lipinski definition) is 2. The van der Waals surface area contributed by atoms with Crippen LogP contribution in [0.5, 0.6) is 0 Å². The van der Waals surface area contributed by atoms with Crippen molar-refractivity contribution in [2.24, 2.45) is 11.1 Å². The van der Waals surface area contributed by atoms with Gasteiger partial charge in [-0.05, 0) is 41.9 Å². The summed E-state index contributed by atoms with van der Waals surface area (Å²) in [4.78, 5) is 11.5. The van der Waals surface area contributed by atoms with Gasteiger partial charge in [-0.2, -0.15) is 0 Å². The Labute approximate surface area is 184 Å². The molecule has 3 aromatic rings. The summed E-state index contributed by atoms with van der Waals surface area (Å²) in [5.41, 5.74) is 15.3. The Morgan fingerprint density at radius 3 is 2.63 bits per heavy atom. The minimum Gasteiger partial charge on any atom is -0.382 e. The van der Waals surface area contributed by atoms with Gasteiger partial charge >= 0.3 is 0 Å². The van der Waals surface area contributed by atoms with Crippen LogP contribution in [-0.2, 0) is 6.42 Å². The first-order valence-corrected chi connectivity index (χ1v) is 11.1. The number of anilines is 2. The highest BCUT2D eigenvalue weighted by atomic mass is 35.5. The van der Waals surface area contributed by atoms with Gasteiger partial charge in [-0.15, -0.1) is 10.2 Å². The van der Waals surface area contributed by atoms with Gasteiger partial charge in [0.25, 0.3) is 0 Å². The predicted octanol–water partition coefficient (Wildman–Crippen LogP) is 3.50. The van der Waals surface area contributed by atoms with Gasteiger partial charge in [0.05, 0.1) is 11.2 Å². The molecule has 1 aliphatic carbocycles. The van der Waals surface area contributed by atoms with Crippen molar-refractivity contribution < 1.29 is 0 Å². The predicted molar refractivity (Wildman–Crippen MR) is 119 cm³/mol. The Morgan fingerprint density at radius 1 is 1.10 bits per heavy atom. The zero-order chi connectivity index (χ0) is 20.7. The monoisotopic (exact) mass is 439 g/mol. The second-order valence-corrected chi connectivity index (χ2v) is 9.35. The summed E-state index contributed by atoms with van der Waals surface area (Å²) in [6.07, 6.45) is 6.45. The molecule has 1 fully saturated rings. The van der Waals surface area contributed by atoms with Crippen LogP contribution in [-0.4, -0.2) is 33.3 Å². The zero-order valence-corrected chi connectivity index (χ0v) is 17.9. The molecule has 0 radical (unpaired) electrons. The molecule has 1 atom stereocenters. The van der Waals surface area contributed by atoms with Gasteiger partial charge in [0, 0.05) is 30.2 Å². The number of piperidine rings is 1. The molecule has 1 aliphatic heterocycles. The van der Waals surface area contributed by atoms with E-state index in [1.54, 1.807) is 18.5 Å². The molecule has 1 saturated heterocycles. The fraction of sp³-hybridized carbons (Fsp3) is 0.333. The second kappa shape index (κ2) is 7.68. The molecule has 30 heavy (non-hydrogen) atoms. The van der Waals surface area contributed by atoms with Gasteiger partial charge < -0.3 is 16.4 Å². The number of nitrogen functional groups attached to an aromatic ring is 1. The number of fused-ring (bicyclic) bond motifs is 1. The summed E-state index contributed by atoms with van der Waals surface area (Å²) >= 11 is 7.57. The standard InChI is InChI=1S/C21H22ClN7S/c22-17-15(5-8-25-19(17)24)30-16-12-26-20(28-27-16)29-9-6-21(7-10-29)11-13-3-1-2-4-14(13)18(21)23/h1-5,8,12,18H,6-7,9-11,23H2,(H2,24,25)/t18-/m1/s1. The molecule has 5 rings (SSSR count). The van der Waals surface area contributed by atoms with Crippen molar-refractivity contribution in [3.05, 3.63) is 58.9 Å².